The largest absolute Gasteiger partial charge is 0.506 e. The molecule has 0 unspecified atom stereocenters. The fourth-order valence-corrected chi connectivity index (χ4v) is 1.30. The maximum Gasteiger partial charge on any atom is 0.279 e. The number of aromatic nitrogens is 1. The van der Waals surface area contributed by atoms with Gasteiger partial charge >= 0.3 is 0 Å². The number of hydrogen-bond acceptors (Lipinski definition) is 4. The number of non-ortho nitro benzene ring substituents is 1. The zero-order valence-electron chi connectivity index (χ0n) is 7.35. The maximum atomic E-state index is 10.6. The van der Waals surface area contributed by atoms with Crippen LogP contribution in [0.2, 0.25) is 0 Å². The molecule has 1 radical (unpaired) electrons. The molecule has 0 fully saturated rings. The van der Waals surface area contributed by atoms with Gasteiger partial charge < -0.3 is 5.11 Å². The Bertz CT molecular complexity index is 516. The van der Waals surface area contributed by atoms with E-state index in [0.29, 0.717) is 5.39 Å². The molecule has 6 heteroatoms. The summed E-state index contributed by atoms with van der Waals surface area (Å²) in [7, 11) is 0. The number of phenolic OH excluding ortho intramolecular Hbond substituents is 1. The molecule has 0 amide bonds. The molecule has 5 nitrogen and oxygen atoms in total. The number of nitro benzene ring substituents is 1. The van der Waals surface area contributed by atoms with E-state index in [1.807, 2.05) is 0 Å². The van der Waals surface area contributed by atoms with Gasteiger partial charge in [-0.25, -0.2) is 0 Å². The molecule has 15 heavy (non-hydrogen) atoms. The van der Waals surface area contributed by atoms with E-state index < -0.39 is 4.92 Å². The van der Waals surface area contributed by atoms with Crippen molar-refractivity contribution in [3.05, 3.63) is 40.6 Å². The first-order valence-electron chi connectivity index (χ1n) is 3.91. The van der Waals surface area contributed by atoms with E-state index >= 15 is 0 Å². The molecular formula is C9H6CuN2O3. The minimum atomic E-state index is -0.497. The minimum Gasteiger partial charge on any atom is -0.506 e. The molecule has 0 saturated carbocycles. The van der Waals surface area contributed by atoms with Crippen molar-refractivity contribution >= 4 is 16.6 Å². The van der Waals surface area contributed by atoms with Gasteiger partial charge in [0.1, 0.15) is 11.3 Å². The van der Waals surface area contributed by atoms with Crippen molar-refractivity contribution < 1.29 is 27.1 Å². The molecule has 1 heterocycles. The molecule has 1 aromatic carbocycles. The first-order valence-corrected chi connectivity index (χ1v) is 3.91. The van der Waals surface area contributed by atoms with Gasteiger partial charge in [-0.05, 0) is 18.2 Å². The molecule has 0 spiro atoms. The summed E-state index contributed by atoms with van der Waals surface area (Å²) in [5.74, 6) is -0.0498. The van der Waals surface area contributed by atoms with E-state index in [1.54, 1.807) is 12.1 Å². The molecule has 0 aliphatic carbocycles. The Balaban J connectivity index is 0.00000112. The van der Waals surface area contributed by atoms with Crippen LogP contribution in [0.3, 0.4) is 0 Å². The van der Waals surface area contributed by atoms with Gasteiger partial charge in [-0.2, -0.15) is 0 Å². The second-order valence-electron chi connectivity index (χ2n) is 2.76. The predicted molar refractivity (Wildman–Crippen MR) is 50.1 cm³/mol. The van der Waals surface area contributed by atoms with E-state index in [0.717, 1.165) is 0 Å². The third kappa shape index (κ3) is 1.91. The van der Waals surface area contributed by atoms with Crippen molar-refractivity contribution in [2.24, 2.45) is 0 Å². The first kappa shape index (κ1) is 11.4. The first-order chi connectivity index (χ1) is 6.70. The van der Waals surface area contributed by atoms with Crippen LogP contribution in [0.15, 0.2) is 30.5 Å². The summed E-state index contributed by atoms with van der Waals surface area (Å²) < 4.78 is 0. The Morgan fingerprint density at radius 3 is 2.73 bits per heavy atom. The summed E-state index contributed by atoms with van der Waals surface area (Å²) in [6.45, 7) is 0. The van der Waals surface area contributed by atoms with Crippen LogP contribution in [0, 0.1) is 10.1 Å². The number of aromatic hydroxyl groups is 1. The number of nitrogens with zero attached hydrogens (tertiary/aromatic N) is 2. The van der Waals surface area contributed by atoms with Gasteiger partial charge in [0, 0.05) is 29.3 Å². The number of nitro groups is 1. The Hall–Kier alpha value is -1.65. The summed E-state index contributed by atoms with van der Waals surface area (Å²) in [5.41, 5.74) is 0.201. The topological polar surface area (TPSA) is 76.3 Å². The summed E-state index contributed by atoms with van der Waals surface area (Å²) in [4.78, 5) is 14.0. The summed E-state index contributed by atoms with van der Waals surface area (Å²) >= 11 is 0. The Morgan fingerprint density at radius 1 is 1.33 bits per heavy atom. The second kappa shape index (κ2) is 4.25. The number of pyridine rings is 1. The van der Waals surface area contributed by atoms with E-state index in [2.05, 4.69) is 4.98 Å². The van der Waals surface area contributed by atoms with Crippen LogP contribution in [0.25, 0.3) is 10.9 Å². The molecule has 0 aliphatic rings. The van der Waals surface area contributed by atoms with Crippen LogP contribution in [0.4, 0.5) is 5.69 Å². The van der Waals surface area contributed by atoms with Gasteiger partial charge in [0.15, 0.2) is 0 Å². The number of phenols is 1. The van der Waals surface area contributed by atoms with Crippen molar-refractivity contribution in [1.82, 2.24) is 4.98 Å². The number of fused-ring (bicyclic) bond motifs is 1. The smallest absolute Gasteiger partial charge is 0.279 e. The van der Waals surface area contributed by atoms with Crippen LogP contribution in [0.1, 0.15) is 0 Å². The van der Waals surface area contributed by atoms with Crippen LogP contribution in [0.5, 0.6) is 5.75 Å². The molecule has 2 aromatic rings. The molecule has 1 aromatic heterocycles. The average Bonchev–Trinajstić information content (AvgIpc) is 2.18. The van der Waals surface area contributed by atoms with Crippen LogP contribution in [-0.4, -0.2) is 15.0 Å². The van der Waals surface area contributed by atoms with Crippen LogP contribution < -0.4 is 0 Å². The fourth-order valence-electron chi connectivity index (χ4n) is 1.30. The second-order valence-corrected chi connectivity index (χ2v) is 2.76. The van der Waals surface area contributed by atoms with Crippen molar-refractivity contribution in [3.8, 4) is 5.75 Å². The number of benzene rings is 1. The van der Waals surface area contributed by atoms with Gasteiger partial charge in [-0.15, -0.1) is 0 Å². The Kier molecular flexibility index (Phi) is 3.24. The minimum absolute atomic E-state index is 0. The van der Waals surface area contributed by atoms with Gasteiger partial charge in [-0.1, -0.05) is 0 Å². The zero-order chi connectivity index (χ0) is 10.1. The normalized spacial score (nSPS) is 9.60. The van der Waals surface area contributed by atoms with Gasteiger partial charge in [0.25, 0.3) is 5.69 Å². The summed E-state index contributed by atoms with van der Waals surface area (Å²) in [6.07, 6.45) is 1.48. The van der Waals surface area contributed by atoms with E-state index in [4.69, 9.17) is 0 Å². The van der Waals surface area contributed by atoms with Crippen molar-refractivity contribution in [2.45, 2.75) is 0 Å². The number of rotatable bonds is 1. The predicted octanol–water partition coefficient (Wildman–Crippen LogP) is 1.85. The van der Waals surface area contributed by atoms with Gasteiger partial charge in [-0.3, -0.25) is 15.1 Å². The van der Waals surface area contributed by atoms with Crippen molar-refractivity contribution in [3.63, 3.8) is 0 Å². The van der Waals surface area contributed by atoms with Gasteiger partial charge in [0.05, 0.1) is 10.3 Å². The fraction of sp³-hybridized carbons (Fsp3) is 0. The summed E-state index contributed by atoms with van der Waals surface area (Å²) in [6, 6.07) is 5.68. The Morgan fingerprint density at radius 2 is 2.07 bits per heavy atom. The van der Waals surface area contributed by atoms with Crippen molar-refractivity contribution in [1.29, 1.82) is 0 Å². The average molecular weight is 254 g/mol. The van der Waals surface area contributed by atoms with E-state index in [9.17, 15) is 15.2 Å². The molecular weight excluding hydrogens is 248 g/mol. The quantitative estimate of drug-likeness (QED) is 0.478. The maximum absolute atomic E-state index is 10.6. The molecule has 0 aliphatic heterocycles. The number of hydrogen-bond donors (Lipinski definition) is 1. The Labute approximate surface area is 95.4 Å². The molecule has 0 saturated heterocycles. The zero-order valence-corrected chi connectivity index (χ0v) is 8.29. The van der Waals surface area contributed by atoms with Crippen LogP contribution >= 0.6 is 0 Å². The standard InChI is InChI=1S/C9H6N2O3.Cu/c12-8-4-3-7(11(13)14)6-2-1-5-10-9(6)8;/h1-5,12H;. The van der Waals surface area contributed by atoms with Crippen LogP contribution in [-0.2, 0) is 17.1 Å². The molecule has 1 N–H and O–H groups in total. The SMILES string of the molecule is O=[N+]([O-])c1ccc(O)c2ncccc12.[Cu]. The van der Waals surface area contributed by atoms with Gasteiger partial charge in [0.2, 0.25) is 0 Å². The molecule has 2 rings (SSSR count). The molecule has 0 bridgehead atoms. The third-order valence-corrected chi connectivity index (χ3v) is 1.92. The van der Waals surface area contributed by atoms with E-state index in [1.165, 1.54) is 18.3 Å². The third-order valence-electron chi connectivity index (χ3n) is 1.92. The van der Waals surface area contributed by atoms with Crippen molar-refractivity contribution in [2.75, 3.05) is 0 Å². The summed E-state index contributed by atoms with van der Waals surface area (Å²) in [5, 5.41) is 20.4. The molecule has 81 valence electrons. The van der Waals surface area contributed by atoms with E-state index in [-0.39, 0.29) is 34.0 Å². The molecule has 0 atom stereocenters. The monoisotopic (exact) mass is 253 g/mol.